The summed E-state index contributed by atoms with van der Waals surface area (Å²) in [6.45, 7) is 3.24. The van der Waals surface area contributed by atoms with Gasteiger partial charge in [0.15, 0.2) is 5.02 Å². The quantitative estimate of drug-likeness (QED) is 0.793. The first-order chi connectivity index (χ1) is 12.2. The summed E-state index contributed by atoms with van der Waals surface area (Å²) in [7, 11) is 0. The van der Waals surface area contributed by atoms with Crippen LogP contribution in [-0.2, 0) is 17.8 Å². The minimum absolute atomic E-state index is 0.00712. The molecule has 0 saturated heterocycles. The molecule has 0 fully saturated rings. The Bertz CT molecular complexity index is 884. The van der Waals surface area contributed by atoms with E-state index >= 15 is 0 Å². The normalized spacial score (nSPS) is 11.0. The van der Waals surface area contributed by atoms with Gasteiger partial charge in [-0.25, -0.2) is 8.78 Å². The molecule has 26 heavy (non-hydrogen) atoms. The first-order valence-corrected chi connectivity index (χ1v) is 8.24. The van der Waals surface area contributed by atoms with E-state index in [1.807, 2.05) is 0 Å². The van der Waals surface area contributed by atoms with Gasteiger partial charge in [-0.3, -0.25) is 14.2 Å². The molecule has 2 N–H and O–H groups in total. The number of ether oxygens (including phenoxy) is 1. The second-order valence-electron chi connectivity index (χ2n) is 5.91. The second-order valence-corrected chi connectivity index (χ2v) is 6.28. The zero-order valence-electron chi connectivity index (χ0n) is 14.3. The van der Waals surface area contributed by atoms with Crippen LogP contribution in [0.15, 0.2) is 23.0 Å². The van der Waals surface area contributed by atoms with Gasteiger partial charge in [-0.1, -0.05) is 11.6 Å². The SMILES string of the molecule is CC(C)n1c(CCC(N)=O)nc(OCc2ccc(F)cc2F)c(Cl)c1=O. The summed E-state index contributed by atoms with van der Waals surface area (Å²) in [5, 5.41) is -0.260. The average Bonchev–Trinajstić information content (AvgIpc) is 2.55. The molecule has 0 atom stereocenters. The molecule has 1 aromatic carbocycles. The molecule has 1 amide bonds. The lowest BCUT2D eigenvalue weighted by molar-refractivity contribution is -0.118. The molecule has 0 bridgehead atoms. The molecule has 0 radical (unpaired) electrons. The summed E-state index contributed by atoms with van der Waals surface area (Å²) < 4.78 is 33.4. The molecule has 0 aliphatic rings. The van der Waals surface area contributed by atoms with E-state index < -0.39 is 23.1 Å². The highest BCUT2D eigenvalue weighted by atomic mass is 35.5. The molecule has 0 unspecified atom stereocenters. The van der Waals surface area contributed by atoms with E-state index in [1.165, 1.54) is 10.6 Å². The van der Waals surface area contributed by atoms with Crippen molar-refractivity contribution in [2.75, 3.05) is 0 Å². The van der Waals surface area contributed by atoms with Crippen molar-refractivity contribution >= 4 is 17.5 Å². The smallest absolute Gasteiger partial charge is 0.276 e. The minimum Gasteiger partial charge on any atom is -0.471 e. The first kappa shape index (κ1) is 19.8. The van der Waals surface area contributed by atoms with Gasteiger partial charge in [0.2, 0.25) is 11.8 Å². The van der Waals surface area contributed by atoms with Gasteiger partial charge in [0.25, 0.3) is 5.56 Å². The third kappa shape index (κ3) is 4.57. The molecule has 0 saturated carbocycles. The lowest BCUT2D eigenvalue weighted by Crippen LogP contribution is -2.28. The Hall–Kier alpha value is -2.48. The number of halogens is 3. The van der Waals surface area contributed by atoms with Crippen LogP contribution >= 0.6 is 11.6 Å². The number of primary amides is 1. The van der Waals surface area contributed by atoms with Gasteiger partial charge >= 0.3 is 0 Å². The Balaban J connectivity index is 2.35. The van der Waals surface area contributed by atoms with Crippen molar-refractivity contribution in [3.05, 3.63) is 56.6 Å². The van der Waals surface area contributed by atoms with Gasteiger partial charge in [-0.05, 0) is 26.0 Å². The topological polar surface area (TPSA) is 87.2 Å². The monoisotopic (exact) mass is 385 g/mol. The van der Waals surface area contributed by atoms with E-state index in [-0.39, 0.29) is 47.8 Å². The summed E-state index contributed by atoms with van der Waals surface area (Å²) in [6, 6.07) is 2.79. The van der Waals surface area contributed by atoms with Crippen LogP contribution in [0.2, 0.25) is 5.02 Å². The van der Waals surface area contributed by atoms with Crippen LogP contribution in [0.25, 0.3) is 0 Å². The number of nitrogens with two attached hydrogens (primary N) is 1. The van der Waals surface area contributed by atoms with Crippen molar-refractivity contribution in [2.24, 2.45) is 5.73 Å². The van der Waals surface area contributed by atoms with Gasteiger partial charge in [-0.15, -0.1) is 0 Å². The summed E-state index contributed by atoms with van der Waals surface area (Å²) in [5.41, 5.74) is 4.70. The molecule has 2 rings (SSSR count). The lowest BCUT2D eigenvalue weighted by atomic mass is 10.2. The van der Waals surface area contributed by atoms with E-state index in [9.17, 15) is 18.4 Å². The van der Waals surface area contributed by atoms with E-state index in [1.54, 1.807) is 13.8 Å². The van der Waals surface area contributed by atoms with Crippen LogP contribution in [0.1, 0.15) is 37.7 Å². The molecule has 9 heteroatoms. The summed E-state index contributed by atoms with van der Waals surface area (Å²) in [4.78, 5) is 27.7. The highest BCUT2D eigenvalue weighted by Crippen LogP contribution is 2.22. The zero-order chi connectivity index (χ0) is 19.4. The molecule has 1 aromatic heterocycles. The molecule has 0 spiro atoms. The van der Waals surface area contributed by atoms with E-state index in [0.717, 1.165) is 12.1 Å². The molecule has 0 aliphatic heterocycles. The molecular weight excluding hydrogens is 368 g/mol. The second kappa shape index (κ2) is 8.27. The minimum atomic E-state index is -0.786. The van der Waals surface area contributed by atoms with Gasteiger partial charge < -0.3 is 10.5 Å². The number of benzene rings is 1. The largest absolute Gasteiger partial charge is 0.471 e. The predicted molar refractivity (Wildman–Crippen MR) is 92.1 cm³/mol. The van der Waals surface area contributed by atoms with Crippen LogP contribution < -0.4 is 16.0 Å². The molecule has 6 nitrogen and oxygen atoms in total. The van der Waals surface area contributed by atoms with Crippen LogP contribution in [0, 0.1) is 11.6 Å². The predicted octanol–water partition coefficient (Wildman–Crippen LogP) is 2.75. The van der Waals surface area contributed by atoms with Crippen molar-refractivity contribution in [1.29, 1.82) is 0 Å². The van der Waals surface area contributed by atoms with Gasteiger partial charge in [0, 0.05) is 30.5 Å². The summed E-state index contributed by atoms with van der Waals surface area (Å²) in [6.07, 6.45) is 0.119. The number of carbonyl (C=O) groups is 1. The highest BCUT2D eigenvalue weighted by molar-refractivity contribution is 6.31. The van der Waals surface area contributed by atoms with Crippen molar-refractivity contribution in [3.63, 3.8) is 0 Å². The molecular formula is C17H18ClF2N3O3. The molecule has 2 aromatic rings. The Morgan fingerprint density at radius 2 is 2.08 bits per heavy atom. The van der Waals surface area contributed by atoms with Crippen LogP contribution in [0.3, 0.4) is 0 Å². The van der Waals surface area contributed by atoms with Crippen molar-refractivity contribution in [3.8, 4) is 5.88 Å². The highest BCUT2D eigenvalue weighted by Gasteiger charge is 2.19. The van der Waals surface area contributed by atoms with Crippen molar-refractivity contribution in [1.82, 2.24) is 9.55 Å². The average molecular weight is 386 g/mol. The maximum absolute atomic E-state index is 13.7. The van der Waals surface area contributed by atoms with E-state index in [0.29, 0.717) is 0 Å². The van der Waals surface area contributed by atoms with Gasteiger partial charge in [0.1, 0.15) is 24.1 Å². The number of amides is 1. The summed E-state index contributed by atoms with van der Waals surface area (Å²) in [5.74, 6) is -1.94. The molecule has 0 aliphatic carbocycles. The Morgan fingerprint density at radius 1 is 1.38 bits per heavy atom. The molecule has 140 valence electrons. The lowest BCUT2D eigenvalue weighted by Gasteiger charge is -2.17. The van der Waals surface area contributed by atoms with Crippen LogP contribution in [0.5, 0.6) is 5.88 Å². The number of hydrogen-bond acceptors (Lipinski definition) is 4. The van der Waals surface area contributed by atoms with Gasteiger partial charge in [-0.2, -0.15) is 4.98 Å². The fourth-order valence-corrected chi connectivity index (χ4v) is 2.55. The Labute approximate surface area is 153 Å². The zero-order valence-corrected chi connectivity index (χ0v) is 15.0. The van der Waals surface area contributed by atoms with Gasteiger partial charge in [0.05, 0.1) is 0 Å². The van der Waals surface area contributed by atoms with Crippen LogP contribution in [-0.4, -0.2) is 15.5 Å². The summed E-state index contributed by atoms with van der Waals surface area (Å²) >= 11 is 6.04. The van der Waals surface area contributed by atoms with E-state index in [2.05, 4.69) is 4.98 Å². The Morgan fingerprint density at radius 3 is 2.65 bits per heavy atom. The van der Waals surface area contributed by atoms with Crippen LogP contribution in [0.4, 0.5) is 8.78 Å². The Kier molecular flexibility index (Phi) is 6.31. The van der Waals surface area contributed by atoms with E-state index in [4.69, 9.17) is 22.1 Å². The molecule has 1 heterocycles. The standard InChI is InChI=1S/C17H18ClF2N3O3/c1-9(2)23-14(6-5-13(21)24)22-16(15(18)17(23)25)26-8-10-3-4-11(19)7-12(10)20/h3-4,7,9H,5-6,8H2,1-2H3,(H2,21,24). The number of aryl methyl sites for hydroxylation is 1. The number of aromatic nitrogens is 2. The van der Waals surface area contributed by atoms with Crippen molar-refractivity contribution in [2.45, 2.75) is 39.3 Å². The number of hydrogen-bond donors (Lipinski definition) is 1. The maximum atomic E-state index is 13.7. The third-order valence-corrected chi connectivity index (χ3v) is 3.92. The third-order valence-electron chi connectivity index (χ3n) is 3.59. The number of rotatable bonds is 7. The number of nitrogens with zero attached hydrogens (tertiary/aromatic N) is 2. The van der Waals surface area contributed by atoms with Crippen molar-refractivity contribution < 1.29 is 18.3 Å². The maximum Gasteiger partial charge on any atom is 0.276 e. The first-order valence-electron chi connectivity index (χ1n) is 7.86. The fourth-order valence-electron chi connectivity index (χ4n) is 2.36. The fraction of sp³-hybridized carbons (Fsp3) is 0.353. The number of carbonyl (C=O) groups excluding carboxylic acids is 1.